The summed E-state index contributed by atoms with van der Waals surface area (Å²) >= 11 is 6.39. The normalized spacial score (nSPS) is 24.8. The van der Waals surface area contributed by atoms with Crippen molar-refractivity contribution < 1.29 is 18.6 Å². The fraction of sp³-hybridized carbons (Fsp3) is 0.480. The van der Waals surface area contributed by atoms with Gasteiger partial charge in [-0.2, -0.15) is 4.98 Å². The van der Waals surface area contributed by atoms with Crippen LogP contribution in [-0.4, -0.2) is 56.9 Å². The molecule has 2 unspecified atom stereocenters. The summed E-state index contributed by atoms with van der Waals surface area (Å²) in [6.45, 7) is 1.94. The SMILES string of the molecule is Cn1c(=O)c2c(c3cc(Nc4nc(N5CCC(C)(O)C5)ncc4Cl)ccc31)NC(C1CC1)C(F)(F)CO2. The molecule has 0 radical (unpaired) electrons. The monoisotopic (exact) mass is 532 g/mol. The van der Waals surface area contributed by atoms with Crippen molar-refractivity contribution in [1.29, 1.82) is 0 Å². The standard InChI is InChI=1S/C25H27ClF2N6O3/c1-24(36)7-8-34(11-24)23-29-10-16(26)21(32-23)30-14-5-6-17-15(9-14)18-19(22(35)33(17)2)37-12-25(27,28)20(31-18)13-3-4-13/h5-6,9-10,13,20,31,36H,3-4,7-8,11-12H2,1-2H3,(H,29,30,32). The molecule has 0 bridgehead atoms. The topological polar surface area (TPSA) is 105 Å². The minimum absolute atomic E-state index is 0.113. The molecule has 1 saturated carbocycles. The van der Waals surface area contributed by atoms with Crippen LogP contribution in [0.1, 0.15) is 26.2 Å². The second kappa shape index (κ2) is 8.42. The Balaban J connectivity index is 1.39. The smallest absolute Gasteiger partial charge is 0.301 e. The zero-order chi connectivity index (χ0) is 26.1. The van der Waals surface area contributed by atoms with Crippen LogP contribution in [-0.2, 0) is 7.05 Å². The van der Waals surface area contributed by atoms with Gasteiger partial charge in [0.05, 0.1) is 29.0 Å². The van der Waals surface area contributed by atoms with Crippen molar-refractivity contribution in [3.05, 3.63) is 39.8 Å². The predicted molar refractivity (Wildman–Crippen MR) is 138 cm³/mol. The average molecular weight is 533 g/mol. The van der Waals surface area contributed by atoms with Crippen LogP contribution < -0.4 is 25.8 Å². The van der Waals surface area contributed by atoms with Crippen LogP contribution in [0.25, 0.3) is 10.9 Å². The number of fused-ring (bicyclic) bond motifs is 3. The summed E-state index contributed by atoms with van der Waals surface area (Å²) in [5, 5.41) is 17.3. The highest BCUT2D eigenvalue weighted by Gasteiger charge is 2.51. The molecule has 9 nitrogen and oxygen atoms in total. The predicted octanol–water partition coefficient (Wildman–Crippen LogP) is 3.90. The van der Waals surface area contributed by atoms with Gasteiger partial charge in [0.2, 0.25) is 11.7 Å². The number of aromatic nitrogens is 3. The quantitative estimate of drug-likeness (QED) is 0.465. The van der Waals surface area contributed by atoms with Crippen LogP contribution >= 0.6 is 11.6 Å². The van der Waals surface area contributed by atoms with E-state index in [-0.39, 0.29) is 17.4 Å². The number of alkyl halides is 2. The molecule has 0 spiro atoms. The van der Waals surface area contributed by atoms with Crippen LogP contribution in [0.15, 0.2) is 29.2 Å². The number of benzene rings is 1. The number of pyridine rings is 1. The van der Waals surface area contributed by atoms with Gasteiger partial charge in [-0.25, -0.2) is 13.8 Å². The summed E-state index contributed by atoms with van der Waals surface area (Å²) in [7, 11) is 1.58. The number of hydrogen-bond donors (Lipinski definition) is 3. The van der Waals surface area contributed by atoms with Crippen molar-refractivity contribution in [2.75, 3.05) is 35.2 Å². The van der Waals surface area contributed by atoms with Crippen LogP contribution in [0.2, 0.25) is 5.02 Å². The molecule has 3 N–H and O–H groups in total. The number of β-amino-alcohol motifs (C(OH)–C–C–N with tert-alkyl or cyclic N) is 1. The molecular formula is C25H27ClF2N6O3. The summed E-state index contributed by atoms with van der Waals surface area (Å²) in [5.41, 5.74) is 0.137. The zero-order valence-electron chi connectivity index (χ0n) is 20.4. The molecule has 3 aliphatic rings. The number of rotatable bonds is 4. The van der Waals surface area contributed by atoms with E-state index in [9.17, 15) is 18.7 Å². The molecule has 196 valence electrons. The molecule has 1 saturated heterocycles. The molecule has 2 aliphatic heterocycles. The van der Waals surface area contributed by atoms with Gasteiger partial charge in [-0.15, -0.1) is 0 Å². The van der Waals surface area contributed by atoms with Crippen molar-refractivity contribution >= 4 is 45.6 Å². The van der Waals surface area contributed by atoms with Gasteiger partial charge in [0, 0.05) is 31.2 Å². The number of aliphatic hydroxyl groups is 1. The summed E-state index contributed by atoms with van der Waals surface area (Å²) < 4.78 is 36.6. The van der Waals surface area contributed by atoms with Gasteiger partial charge in [-0.05, 0) is 50.3 Å². The Hall–Kier alpha value is -3.18. The van der Waals surface area contributed by atoms with E-state index < -0.39 is 29.7 Å². The van der Waals surface area contributed by atoms with Crippen LogP contribution in [0.3, 0.4) is 0 Å². The lowest BCUT2D eigenvalue weighted by atomic mass is 10.0. The summed E-state index contributed by atoms with van der Waals surface area (Å²) in [4.78, 5) is 23.7. The highest BCUT2D eigenvalue weighted by atomic mass is 35.5. The Kier molecular flexibility index (Phi) is 5.50. The van der Waals surface area contributed by atoms with Crippen LogP contribution in [0, 0.1) is 5.92 Å². The van der Waals surface area contributed by atoms with Gasteiger partial charge in [0.15, 0.2) is 12.4 Å². The van der Waals surface area contributed by atoms with E-state index in [1.807, 2.05) is 4.90 Å². The third-order valence-corrected chi connectivity index (χ3v) is 7.62. The van der Waals surface area contributed by atoms with Crippen molar-refractivity contribution in [1.82, 2.24) is 14.5 Å². The average Bonchev–Trinajstić information content (AvgIpc) is 3.63. The Morgan fingerprint density at radius 3 is 2.81 bits per heavy atom. The second-order valence-corrected chi connectivity index (χ2v) is 10.9. The summed E-state index contributed by atoms with van der Waals surface area (Å²) in [6, 6.07) is 4.15. The Morgan fingerprint density at radius 1 is 1.32 bits per heavy atom. The molecule has 2 aromatic heterocycles. The first kappa shape index (κ1) is 24.2. The van der Waals surface area contributed by atoms with E-state index in [1.54, 1.807) is 32.2 Å². The van der Waals surface area contributed by atoms with Crippen molar-refractivity contribution in [3.63, 3.8) is 0 Å². The molecule has 3 aromatic rings. The molecular weight excluding hydrogens is 506 g/mol. The number of halogens is 3. The first-order valence-electron chi connectivity index (χ1n) is 12.2. The molecule has 12 heteroatoms. The highest BCUT2D eigenvalue weighted by molar-refractivity contribution is 6.32. The van der Waals surface area contributed by atoms with E-state index in [0.717, 1.165) is 0 Å². The maximum Gasteiger partial charge on any atom is 0.301 e. The molecule has 1 aromatic carbocycles. The van der Waals surface area contributed by atoms with Crippen LogP contribution in [0.4, 0.5) is 31.9 Å². The lowest BCUT2D eigenvalue weighted by Gasteiger charge is -2.25. The van der Waals surface area contributed by atoms with E-state index >= 15 is 0 Å². The van der Waals surface area contributed by atoms with Crippen LogP contribution in [0.5, 0.6) is 5.75 Å². The minimum Gasteiger partial charge on any atom is -0.480 e. The molecule has 6 rings (SSSR count). The fourth-order valence-electron chi connectivity index (χ4n) is 5.14. The molecule has 2 atom stereocenters. The van der Waals surface area contributed by atoms with Gasteiger partial charge in [0.25, 0.3) is 5.56 Å². The van der Waals surface area contributed by atoms with Crippen molar-refractivity contribution in [2.45, 2.75) is 43.8 Å². The maximum absolute atomic E-state index is 14.9. The van der Waals surface area contributed by atoms with Gasteiger partial charge < -0.3 is 29.9 Å². The van der Waals surface area contributed by atoms with Gasteiger partial charge in [-0.1, -0.05) is 11.6 Å². The highest BCUT2D eigenvalue weighted by Crippen LogP contribution is 2.45. The largest absolute Gasteiger partial charge is 0.480 e. The van der Waals surface area contributed by atoms with E-state index in [1.165, 1.54) is 10.8 Å². The maximum atomic E-state index is 14.9. The summed E-state index contributed by atoms with van der Waals surface area (Å²) in [6.07, 6.45) is 3.51. The molecule has 0 amide bonds. The third-order valence-electron chi connectivity index (χ3n) is 7.34. The Bertz CT molecular complexity index is 1460. The van der Waals surface area contributed by atoms with Crippen molar-refractivity contribution in [3.8, 4) is 5.75 Å². The summed E-state index contributed by atoms with van der Waals surface area (Å²) in [5.74, 6) is -2.60. The first-order chi connectivity index (χ1) is 17.5. The van der Waals surface area contributed by atoms with Gasteiger partial charge in [0.1, 0.15) is 5.02 Å². The van der Waals surface area contributed by atoms with E-state index in [0.29, 0.717) is 65.7 Å². The van der Waals surface area contributed by atoms with Crippen molar-refractivity contribution in [2.24, 2.45) is 13.0 Å². The lowest BCUT2D eigenvalue weighted by molar-refractivity contribution is -0.0579. The number of nitrogens with one attached hydrogen (secondary N) is 2. The van der Waals surface area contributed by atoms with E-state index in [2.05, 4.69) is 20.6 Å². The number of hydrogen-bond acceptors (Lipinski definition) is 8. The number of aryl methyl sites for hydroxylation is 1. The molecule has 1 aliphatic carbocycles. The Labute approximate surface area is 216 Å². The lowest BCUT2D eigenvalue weighted by Crippen LogP contribution is -2.44. The number of anilines is 4. The van der Waals surface area contributed by atoms with E-state index in [4.69, 9.17) is 16.3 Å². The fourth-order valence-corrected chi connectivity index (χ4v) is 5.27. The zero-order valence-corrected chi connectivity index (χ0v) is 21.1. The molecule has 4 heterocycles. The number of nitrogens with zero attached hydrogens (tertiary/aromatic N) is 4. The number of ether oxygens (including phenoxy) is 1. The first-order valence-corrected chi connectivity index (χ1v) is 12.6. The second-order valence-electron chi connectivity index (χ2n) is 10.5. The van der Waals surface area contributed by atoms with Gasteiger partial charge >= 0.3 is 5.92 Å². The minimum atomic E-state index is -3.11. The van der Waals surface area contributed by atoms with Gasteiger partial charge in [-0.3, -0.25) is 4.79 Å². The Morgan fingerprint density at radius 2 is 2.11 bits per heavy atom. The molecule has 2 fully saturated rings. The molecule has 37 heavy (non-hydrogen) atoms. The third kappa shape index (κ3) is 4.33.